The first-order valence-electron chi connectivity index (χ1n) is 7.86. The van der Waals surface area contributed by atoms with E-state index >= 15 is 0 Å². The summed E-state index contributed by atoms with van der Waals surface area (Å²) in [5.74, 6) is -0.664. The lowest BCUT2D eigenvalue weighted by atomic mass is 9.61. The summed E-state index contributed by atoms with van der Waals surface area (Å²) in [4.78, 5) is -0.192. The summed E-state index contributed by atoms with van der Waals surface area (Å²) in [6.07, 6.45) is 3.15. The Kier molecular flexibility index (Phi) is 4.03. The Labute approximate surface area is 131 Å². The molecule has 1 saturated heterocycles. The fourth-order valence-corrected chi connectivity index (χ4v) is 5.37. The van der Waals surface area contributed by atoms with Gasteiger partial charge in [-0.05, 0) is 50.4 Å². The average molecular weight is 326 g/mol. The minimum atomic E-state index is -3.70. The first-order chi connectivity index (χ1) is 10.4. The minimum Gasteiger partial charge on any atom is -0.314 e. The van der Waals surface area contributed by atoms with Crippen molar-refractivity contribution in [1.82, 2.24) is 9.62 Å². The molecular formula is C16H23FN2O2S. The highest BCUT2D eigenvalue weighted by atomic mass is 32.2. The van der Waals surface area contributed by atoms with E-state index in [1.165, 1.54) is 16.4 Å². The Morgan fingerprint density at radius 2 is 2.05 bits per heavy atom. The third kappa shape index (κ3) is 2.68. The number of hydrogen-bond donors (Lipinski definition) is 1. The van der Waals surface area contributed by atoms with Crippen molar-refractivity contribution in [2.75, 3.05) is 19.6 Å². The van der Waals surface area contributed by atoms with Crippen LogP contribution in [0.25, 0.3) is 0 Å². The van der Waals surface area contributed by atoms with Crippen molar-refractivity contribution < 1.29 is 12.8 Å². The topological polar surface area (TPSA) is 49.4 Å². The first kappa shape index (κ1) is 15.9. The lowest BCUT2D eigenvalue weighted by Gasteiger charge is -2.58. The third-order valence-corrected chi connectivity index (χ3v) is 6.58. The number of benzene rings is 1. The molecule has 1 aliphatic carbocycles. The Morgan fingerprint density at radius 1 is 1.36 bits per heavy atom. The van der Waals surface area contributed by atoms with Crippen molar-refractivity contribution in [3.8, 4) is 0 Å². The molecule has 1 heterocycles. The number of nitrogens with zero attached hydrogens (tertiary/aromatic N) is 1. The Hall–Kier alpha value is -0.980. The van der Waals surface area contributed by atoms with Crippen LogP contribution >= 0.6 is 0 Å². The van der Waals surface area contributed by atoms with Gasteiger partial charge >= 0.3 is 0 Å². The lowest BCUT2D eigenvalue weighted by Crippen LogP contribution is -2.67. The number of nitrogens with one attached hydrogen (secondary N) is 1. The highest BCUT2D eigenvalue weighted by molar-refractivity contribution is 7.89. The van der Waals surface area contributed by atoms with Gasteiger partial charge in [0.1, 0.15) is 10.7 Å². The van der Waals surface area contributed by atoms with E-state index in [-0.39, 0.29) is 10.3 Å². The number of sulfonamides is 1. The van der Waals surface area contributed by atoms with Gasteiger partial charge in [0.25, 0.3) is 0 Å². The second-order valence-electron chi connectivity index (χ2n) is 6.77. The highest BCUT2D eigenvalue weighted by Crippen LogP contribution is 2.50. The maximum absolute atomic E-state index is 13.9. The molecule has 4 nitrogen and oxygen atoms in total. The van der Waals surface area contributed by atoms with Crippen molar-refractivity contribution in [2.24, 2.45) is 5.41 Å². The Balaban J connectivity index is 1.64. The molecule has 1 spiro atoms. The molecule has 0 atom stereocenters. The van der Waals surface area contributed by atoms with Crippen molar-refractivity contribution in [3.05, 3.63) is 29.6 Å². The van der Waals surface area contributed by atoms with Crippen LogP contribution in [0, 0.1) is 18.2 Å². The number of rotatable bonds is 5. The molecule has 1 N–H and O–H groups in total. The molecule has 1 saturated carbocycles. The predicted molar refractivity (Wildman–Crippen MR) is 83.6 cm³/mol. The quantitative estimate of drug-likeness (QED) is 0.903. The fourth-order valence-electron chi connectivity index (χ4n) is 3.56. The molecule has 0 aromatic heterocycles. The van der Waals surface area contributed by atoms with Gasteiger partial charge in [-0.15, -0.1) is 0 Å². The zero-order valence-corrected chi connectivity index (χ0v) is 13.9. The van der Waals surface area contributed by atoms with Crippen LogP contribution in [0.2, 0.25) is 0 Å². The highest BCUT2D eigenvalue weighted by Gasteiger charge is 2.55. The zero-order valence-electron chi connectivity index (χ0n) is 13.1. The number of hydrogen-bond acceptors (Lipinski definition) is 3. The SMILES string of the molecule is CCCNC1CC2(C1)CN(S(=O)(=O)c1cc(C)ccc1F)C2. The summed E-state index contributed by atoms with van der Waals surface area (Å²) in [5.41, 5.74) is 0.876. The molecule has 0 bridgehead atoms. The van der Waals surface area contributed by atoms with Gasteiger partial charge in [-0.2, -0.15) is 4.31 Å². The van der Waals surface area contributed by atoms with Gasteiger partial charge in [0.2, 0.25) is 10.0 Å². The maximum Gasteiger partial charge on any atom is 0.246 e. The largest absolute Gasteiger partial charge is 0.314 e. The van der Waals surface area contributed by atoms with Gasteiger partial charge in [0, 0.05) is 24.5 Å². The van der Waals surface area contributed by atoms with E-state index in [1.807, 2.05) is 0 Å². The van der Waals surface area contributed by atoms with Crippen LogP contribution in [-0.2, 0) is 10.0 Å². The molecule has 122 valence electrons. The minimum absolute atomic E-state index is 0.124. The van der Waals surface area contributed by atoms with Gasteiger partial charge in [-0.3, -0.25) is 0 Å². The van der Waals surface area contributed by atoms with Crippen molar-refractivity contribution in [3.63, 3.8) is 0 Å². The molecule has 0 unspecified atom stereocenters. The molecule has 1 aliphatic heterocycles. The van der Waals surface area contributed by atoms with Crippen molar-refractivity contribution in [2.45, 2.75) is 44.0 Å². The van der Waals surface area contributed by atoms with E-state index in [0.717, 1.165) is 31.4 Å². The van der Waals surface area contributed by atoms with Crippen LogP contribution in [0.4, 0.5) is 4.39 Å². The van der Waals surface area contributed by atoms with Crippen LogP contribution in [0.5, 0.6) is 0 Å². The van der Waals surface area contributed by atoms with Gasteiger partial charge in [-0.25, -0.2) is 12.8 Å². The zero-order chi connectivity index (χ0) is 16.0. The van der Waals surface area contributed by atoms with Crippen molar-refractivity contribution >= 4 is 10.0 Å². The maximum atomic E-state index is 13.9. The lowest BCUT2D eigenvalue weighted by molar-refractivity contribution is -0.0336. The summed E-state index contributed by atoms with van der Waals surface area (Å²) in [6.45, 7) is 5.96. The molecule has 0 amide bonds. The standard InChI is InChI=1S/C16H23FN2O2S/c1-3-6-18-13-8-16(9-13)10-19(11-16)22(20,21)15-7-12(2)4-5-14(15)17/h4-5,7,13,18H,3,6,8-11H2,1-2H3. The normalized spacial score (nSPS) is 21.6. The smallest absolute Gasteiger partial charge is 0.246 e. The molecule has 1 aromatic carbocycles. The summed E-state index contributed by atoms with van der Waals surface area (Å²) >= 11 is 0. The molecular weight excluding hydrogens is 303 g/mol. The third-order valence-electron chi connectivity index (χ3n) is 4.77. The average Bonchev–Trinajstić information content (AvgIpc) is 2.37. The van der Waals surface area contributed by atoms with Gasteiger partial charge in [-0.1, -0.05) is 13.0 Å². The Morgan fingerprint density at radius 3 is 2.68 bits per heavy atom. The number of aryl methyl sites for hydroxylation is 1. The summed E-state index contributed by atoms with van der Waals surface area (Å²) in [6, 6.07) is 4.75. The molecule has 3 rings (SSSR count). The van der Waals surface area contributed by atoms with E-state index in [0.29, 0.717) is 19.1 Å². The second-order valence-corrected chi connectivity index (χ2v) is 8.67. The Bertz CT molecular complexity index is 661. The van der Waals surface area contributed by atoms with E-state index in [4.69, 9.17) is 0 Å². The molecule has 1 aromatic rings. The van der Waals surface area contributed by atoms with Crippen LogP contribution in [-0.4, -0.2) is 38.4 Å². The van der Waals surface area contributed by atoms with Gasteiger partial charge in [0.05, 0.1) is 0 Å². The fraction of sp³-hybridized carbons (Fsp3) is 0.625. The summed E-state index contributed by atoms with van der Waals surface area (Å²) in [5, 5.41) is 3.47. The van der Waals surface area contributed by atoms with E-state index in [2.05, 4.69) is 12.2 Å². The van der Waals surface area contributed by atoms with Crippen LogP contribution in [0.15, 0.2) is 23.1 Å². The monoisotopic (exact) mass is 326 g/mol. The molecule has 6 heteroatoms. The summed E-state index contributed by atoms with van der Waals surface area (Å²) in [7, 11) is -3.70. The van der Waals surface area contributed by atoms with E-state index in [1.54, 1.807) is 13.0 Å². The van der Waals surface area contributed by atoms with Crippen LogP contribution in [0.3, 0.4) is 0 Å². The first-order valence-corrected chi connectivity index (χ1v) is 9.30. The van der Waals surface area contributed by atoms with E-state index in [9.17, 15) is 12.8 Å². The summed E-state index contributed by atoms with van der Waals surface area (Å²) < 4.78 is 40.4. The molecule has 22 heavy (non-hydrogen) atoms. The molecule has 2 fully saturated rings. The van der Waals surface area contributed by atoms with Gasteiger partial charge in [0.15, 0.2) is 0 Å². The van der Waals surface area contributed by atoms with E-state index < -0.39 is 15.8 Å². The predicted octanol–water partition coefficient (Wildman–Crippen LogP) is 2.29. The second kappa shape index (κ2) is 5.58. The molecule has 2 aliphatic rings. The molecule has 0 radical (unpaired) electrons. The van der Waals surface area contributed by atoms with Crippen LogP contribution < -0.4 is 5.32 Å². The van der Waals surface area contributed by atoms with Crippen LogP contribution in [0.1, 0.15) is 31.7 Å². The number of halogens is 1. The van der Waals surface area contributed by atoms with Gasteiger partial charge < -0.3 is 5.32 Å². The van der Waals surface area contributed by atoms with Crippen molar-refractivity contribution in [1.29, 1.82) is 0 Å².